The highest BCUT2D eigenvalue weighted by Crippen LogP contribution is 2.55. The van der Waals surface area contributed by atoms with E-state index in [2.05, 4.69) is 160 Å². The number of aromatic nitrogens is 5. The number of hydrogen-bond donors (Lipinski definition) is 0. The maximum atomic E-state index is 6.83. The fraction of sp³-hybridized carbons (Fsp3) is 0.119. The molecule has 0 aliphatic carbocycles. The number of fused-ring (bicyclic) bond motifs is 7. The second-order valence-corrected chi connectivity index (χ2v) is 14.2. The Hall–Kier alpha value is -6.01. The van der Waals surface area contributed by atoms with Gasteiger partial charge in [0.05, 0.1) is 18.0 Å². The first-order chi connectivity index (χ1) is 23.4. The summed E-state index contributed by atoms with van der Waals surface area (Å²) >= 11 is 0. The van der Waals surface area contributed by atoms with E-state index in [0.29, 0.717) is 0 Å². The van der Waals surface area contributed by atoms with Crippen molar-refractivity contribution in [3.63, 3.8) is 0 Å². The van der Waals surface area contributed by atoms with Gasteiger partial charge in [0.15, 0.2) is 11.1 Å². The summed E-state index contributed by atoms with van der Waals surface area (Å²) in [4.78, 5) is 4.32. The molecular formula is C42H31N5O+2. The fourth-order valence-electron chi connectivity index (χ4n) is 8.46. The largest absolute Gasteiger partial charge is 0.456 e. The summed E-state index contributed by atoms with van der Waals surface area (Å²) in [5.41, 5.74) is 11.0. The number of benzene rings is 4. The smallest absolute Gasteiger partial charge is 0.397 e. The molecule has 1 unspecified atom stereocenters. The summed E-state index contributed by atoms with van der Waals surface area (Å²) in [5.74, 6) is 2.92. The normalized spacial score (nSPS) is 16.5. The zero-order valence-electron chi connectivity index (χ0n) is 26.8. The van der Waals surface area contributed by atoms with Crippen molar-refractivity contribution >= 4 is 21.8 Å². The monoisotopic (exact) mass is 621 g/mol. The molecular weight excluding hydrogens is 590 g/mol. The van der Waals surface area contributed by atoms with Crippen molar-refractivity contribution in [1.29, 1.82) is 0 Å². The molecule has 0 amide bonds. The van der Waals surface area contributed by atoms with Crippen LogP contribution in [-0.4, -0.2) is 14.2 Å². The minimum atomic E-state index is -0.705. The third kappa shape index (κ3) is 3.06. The van der Waals surface area contributed by atoms with Crippen molar-refractivity contribution in [2.75, 3.05) is 0 Å². The molecule has 0 bridgehead atoms. The Balaban J connectivity index is 1.25. The molecule has 11 rings (SSSR count). The summed E-state index contributed by atoms with van der Waals surface area (Å²) in [6, 6.07) is 37.2. The van der Waals surface area contributed by atoms with Gasteiger partial charge in [-0.25, -0.2) is 0 Å². The summed E-state index contributed by atoms with van der Waals surface area (Å²) in [7, 11) is 0. The second kappa shape index (κ2) is 8.66. The summed E-state index contributed by atoms with van der Waals surface area (Å²) < 4.78 is 16.6. The van der Waals surface area contributed by atoms with Gasteiger partial charge in [-0.05, 0) is 76.2 Å². The van der Waals surface area contributed by atoms with E-state index in [4.69, 9.17) is 4.74 Å². The number of pyridine rings is 2. The Labute approximate surface area is 277 Å². The van der Waals surface area contributed by atoms with Crippen LogP contribution in [0.15, 0.2) is 134 Å². The Kier molecular flexibility index (Phi) is 4.71. The fourth-order valence-corrected chi connectivity index (χ4v) is 8.46. The zero-order chi connectivity index (χ0) is 31.9. The number of rotatable bonds is 2. The van der Waals surface area contributed by atoms with Gasteiger partial charge >= 0.3 is 5.66 Å². The topological polar surface area (TPSA) is 39.7 Å². The molecule has 1 atom stereocenters. The van der Waals surface area contributed by atoms with Gasteiger partial charge in [0, 0.05) is 29.2 Å². The van der Waals surface area contributed by atoms with Crippen LogP contribution in [-0.2, 0) is 11.1 Å². The SMILES string of the molecule is CC(C)(C)c1cc[n+]2c(c1)-n1c3ccccc3c3ccc4c(c31)C21c2c(cccc2-n2cc(-c3ccc(-c5cccnc5)cc3)c[n+]21)O4. The van der Waals surface area contributed by atoms with Crippen molar-refractivity contribution in [2.45, 2.75) is 31.8 Å². The van der Waals surface area contributed by atoms with Crippen molar-refractivity contribution in [3.05, 3.63) is 151 Å². The predicted octanol–water partition coefficient (Wildman–Crippen LogP) is 8.21. The molecule has 1 spiro atoms. The molecule has 8 aromatic rings. The molecule has 7 heterocycles. The van der Waals surface area contributed by atoms with Gasteiger partial charge in [-0.1, -0.05) is 74.0 Å². The van der Waals surface area contributed by atoms with Crippen LogP contribution in [0.2, 0.25) is 0 Å². The van der Waals surface area contributed by atoms with Gasteiger partial charge < -0.3 is 4.74 Å². The molecule has 0 saturated carbocycles. The summed E-state index contributed by atoms with van der Waals surface area (Å²) in [6.07, 6.45) is 10.6. The highest BCUT2D eigenvalue weighted by atomic mass is 16.5. The molecule has 3 aliphatic heterocycles. The van der Waals surface area contributed by atoms with Crippen LogP contribution in [0.4, 0.5) is 0 Å². The molecule has 6 heteroatoms. The van der Waals surface area contributed by atoms with E-state index in [0.717, 1.165) is 56.4 Å². The number of ether oxygens (including phenoxy) is 1. The molecule has 0 N–H and O–H groups in total. The van der Waals surface area contributed by atoms with E-state index in [-0.39, 0.29) is 5.41 Å². The van der Waals surface area contributed by atoms with Crippen LogP contribution in [0, 0.1) is 0 Å². The lowest BCUT2D eigenvalue weighted by molar-refractivity contribution is -0.993. The van der Waals surface area contributed by atoms with Crippen LogP contribution in [0.5, 0.6) is 11.5 Å². The lowest BCUT2D eigenvalue weighted by atomic mass is 9.83. The van der Waals surface area contributed by atoms with Crippen LogP contribution in [0.1, 0.15) is 37.5 Å². The minimum Gasteiger partial charge on any atom is -0.456 e. The molecule has 6 nitrogen and oxygen atoms in total. The third-order valence-corrected chi connectivity index (χ3v) is 10.6. The predicted molar refractivity (Wildman–Crippen MR) is 186 cm³/mol. The van der Waals surface area contributed by atoms with E-state index >= 15 is 0 Å². The van der Waals surface area contributed by atoms with Crippen molar-refractivity contribution < 1.29 is 14.0 Å². The molecule has 3 aliphatic rings. The summed E-state index contributed by atoms with van der Waals surface area (Å²) in [6.45, 7) is 6.87. The quantitative estimate of drug-likeness (QED) is 0.183. The first kappa shape index (κ1) is 26.1. The Morgan fingerprint density at radius 3 is 2.35 bits per heavy atom. The first-order valence-corrected chi connectivity index (χ1v) is 16.5. The Morgan fingerprint density at radius 2 is 1.54 bits per heavy atom. The molecule has 4 aromatic carbocycles. The standard InChI is InChI=1S/C42H31N5O/c1-41(2,3)30-19-21-44-37(22-30)47-33-10-5-4-9-31(33)32-17-18-36-39(40(32)47)42(44)38-34(11-6-12-35(38)48-36)45-24-29(25-46(42)45)27-15-13-26(14-16-27)28-8-7-20-43-23-28/h4-25H,1-3H3/q+2. The van der Waals surface area contributed by atoms with Crippen LogP contribution in [0.3, 0.4) is 0 Å². The van der Waals surface area contributed by atoms with Gasteiger partial charge in [-0.3, -0.25) is 4.98 Å². The number of para-hydroxylation sites is 1. The van der Waals surface area contributed by atoms with Crippen LogP contribution < -0.4 is 14.0 Å². The average Bonchev–Trinajstić information content (AvgIpc) is 3.78. The zero-order valence-corrected chi connectivity index (χ0v) is 26.8. The molecule has 48 heavy (non-hydrogen) atoms. The van der Waals surface area contributed by atoms with Gasteiger partial charge in [0.25, 0.3) is 5.82 Å². The molecule has 0 saturated heterocycles. The van der Waals surface area contributed by atoms with E-state index in [1.165, 1.54) is 27.4 Å². The van der Waals surface area contributed by atoms with Crippen molar-refractivity contribution in [1.82, 2.24) is 14.2 Å². The number of hydrogen-bond acceptors (Lipinski definition) is 2. The number of nitrogens with zero attached hydrogens (tertiary/aromatic N) is 5. The molecule has 0 radical (unpaired) electrons. The van der Waals surface area contributed by atoms with E-state index < -0.39 is 5.66 Å². The van der Waals surface area contributed by atoms with Gasteiger partial charge in [0.2, 0.25) is 6.20 Å². The first-order valence-electron chi connectivity index (χ1n) is 16.5. The second-order valence-electron chi connectivity index (χ2n) is 14.2. The highest BCUT2D eigenvalue weighted by molar-refractivity contribution is 6.11. The lowest BCUT2D eigenvalue weighted by Crippen LogP contribution is -2.76. The van der Waals surface area contributed by atoms with Gasteiger partial charge in [-0.2, -0.15) is 9.13 Å². The molecule has 228 valence electrons. The van der Waals surface area contributed by atoms with Crippen LogP contribution >= 0.6 is 0 Å². The summed E-state index contributed by atoms with van der Waals surface area (Å²) in [5, 5.41) is 2.48. The van der Waals surface area contributed by atoms with Crippen molar-refractivity contribution in [3.8, 4) is 45.3 Å². The third-order valence-electron chi connectivity index (χ3n) is 10.6. The Morgan fingerprint density at radius 1 is 0.729 bits per heavy atom. The maximum absolute atomic E-state index is 6.83. The molecule has 4 aromatic heterocycles. The van der Waals surface area contributed by atoms with Gasteiger partial charge in [-0.15, -0.1) is 4.68 Å². The lowest BCUT2D eigenvalue weighted by Gasteiger charge is -2.33. The van der Waals surface area contributed by atoms with Crippen LogP contribution in [0.25, 0.3) is 55.6 Å². The van der Waals surface area contributed by atoms with Gasteiger partial charge in [0.1, 0.15) is 28.3 Å². The molecule has 0 fully saturated rings. The average molecular weight is 622 g/mol. The minimum absolute atomic E-state index is 0.0195. The highest BCUT2D eigenvalue weighted by Gasteiger charge is 2.68. The van der Waals surface area contributed by atoms with E-state index in [9.17, 15) is 0 Å². The van der Waals surface area contributed by atoms with E-state index in [1.54, 1.807) is 0 Å². The Bertz CT molecular complexity index is 2680. The van der Waals surface area contributed by atoms with E-state index in [1.807, 2.05) is 18.5 Å². The maximum Gasteiger partial charge on any atom is 0.397 e. The van der Waals surface area contributed by atoms with Crippen molar-refractivity contribution in [2.24, 2.45) is 0 Å².